The van der Waals surface area contributed by atoms with Crippen molar-refractivity contribution in [1.82, 2.24) is 14.5 Å². The maximum Gasteiger partial charge on any atom is 0.317 e. The van der Waals surface area contributed by atoms with Crippen LogP contribution >= 0.6 is 11.3 Å². The summed E-state index contributed by atoms with van der Waals surface area (Å²) in [5.74, 6) is -0.124. The van der Waals surface area contributed by atoms with Crippen LogP contribution in [0.3, 0.4) is 0 Å². The molecule has 0 fully saturated rings. The quantitative estimate of drug-likeness (QED) is 0.391. The smallest absolute Gasteiger partial charge is 0.317 e. The Labute approximate surface area is 196 Å². The molecular weight excluding hydrogens is 434 g/mol. The van der Waals surface area contributed by atoms with Crippen LogP contribution < -0.4 is 16.4 Å². The van der Waals surface area contributed by atoms with Crippen LogP contribution in [0.4, 0.5) is 0 Å². The maximum absolute atomic E-state index is 12.8. The van der Waals surface area contributed by atoms with Crippen molar-refractivity contribution in [1.29, 1.82) is 0 Å². The van der Waals surface area contributed by atoms with E-state index in [0.29, 0.717) is 17.6 Å². The number of hydrogen-bond donors (Lipinski definition) is 1. The molecular formula is C26H27N3O3S. The molecule has 33 heavy (non-hydrogen) atoms. The molecule has 0 saturated heterocycles. The van der Waals surface area contributed by atoms with Gasteiger partial charge in [0.15, 0.2) is 0 Å². The van der Waals surface area contributed by atoms with Gasteiger partial charge in [0, 0.05) is 17.0 Å². The molecule has 6 nitrogen and oxygen atoms in total. The molecule has 0 radical (unpaired) electrons. The van der Waals surface area contributed by atoms with Gasteiger partial charge in [-0.25, -0.2) is 0 Å². The lowest BCUT2D eigenvalue weighted by atomic mass is 10.1. The van der Waals surface area contributed by atoms with Crippen molar-refractivity contribution >= 4 is 28.3 Å². The van der Waals surface area contributed by atoms with Gasteiger partial charge in [0.05, 0.1) is 23.6 Å². The molecule has 0 aliphatic carbocycles. The van der Waals surface area contributed by atoms with Gasteiger partial charge in [0.1, 0.15) is 0 Å². The summed E-state index contributed by atoms with van der Waals surface area (Å²) in [5, 5.41) is 5.15. The monoisotopic (exact) mass is 461 g/mol. The Morgan fingerprint density at radius 2 is 1.58 bits per heavy atom. The molecule has 170 valence electrons. The lowest BCUT2D eigenvalue weighted by molar-refractivity contribution is 0.0935. The summed E-state index contributed by atoms with van der Waals surface area (Å²) in [6, 6.07) is 18.7. The highest BCUT2D eigenvalue weighted by atomic mass is 32.1. The molecule has 1 atom stereocenters. The normalized spacial score (nSPS) is 12.1. The molecule has 0 aliphatic heterocycles. The number of thiophene rings is 1. The van der Waals surface area contributed by atoms with Crippen molar-refractivity contribution in [3.8, 4) is 0 Å². The second-order valence-corrected chi connectivity index (χ2v) is 8.94. The van der Waals surface area contributed by atoms with E-state index in [1.165, 1.54) is 9.13 Å². The van der Waals surface area contributed by atoms with Crippen LogP contribution in [0.25, 0.3) is 11.0 Å². The number of nitrogens with zero attached hydrogens (tertiary/aromatic N) is 2. The molecule has 2 heterocycles. The minimum atomic E-state index is -0.546. The minimum Gasteiger partial charge on any atom is -0.344 e. The van der Waals surface area contributed by atoms with Crippen LogP contribution in [-0.2, 0) is 13.1 Å². The van der Waals surface area contributed by atoms with Gasteiger partial charge in [-0.05, 0) is 54.6 Å². The minimum absolute atomic E-state index is 0.00262. The van der Waals surface area contributed by atoms with Crippen molar-refractivity contribution in [3.05, 3.63) is 103 Å². The van der Waals surface area contributed by atoms with E-state index in [2.05, 4.69) is 12.2 Å². The summed E-state index contributed by atoms with van der Waals surface area (Å²) in [4.78, 5) is 39.4. The Kier molecular flexibility index (Phi) is 6.89. The van der Waals surface area contributed by atoms with Crippen molar-refractivity contribution < 1.29 is 4.79 Å². The molecule has 4 rings (SSSR count). The van der Waals surface area contributed by atoms with E-state index >= 15 is 0 Å². The molecule has 1 N–H and O–H groups in total. The highest BCUT2D eigenvalue weighted by Crippen LogP contribution is 2.23. The number of para-hydroxylation sites is 2. The summed E-state index contributed by atoms with van der Waals surface area (Å²) < 4.78 is 3.01. The Morgan fingerprint density at radius 1 is 0.909 bits per heavy atom. The van der Waals surface area contributed by atoms with E-state index in [0.717, 1.165) is 28.8 Å². The van der Waals surface area contributed by atoms with Crippen molar-refractivity contribution in [2.45, 2.75) is 45.8 Å². The lowest BCUT2D eigenvalue weighted by Crippen LogP contribution is -2.41. The Bertz CT molecular complexity index is 1370. The second-order valence-electron chi connectivity index (χ2n) is 7.96. The lowest BCUT2D eigenvalue weighted by Gasteiger charge is -2.17. The first-order valence-corrected chi connectivity index (χ1v) is 12.1. The molecule has 0 aliphatic rings. The van der Waals surface area contributed by atoms with Crippen molar-refractivity contribution in [2.24, 2.45) is 0 Å². The van der Waals surface area contributed by atoms with Crippen LogP contribution in [0.2, 0.25) is 0 Å². The maximum atomic E-state index is 12.8. The standard InChI is InChI=1S/C26H27N3O3S/c1-3-8-20(23-11-7-16-33-23)27-24(30)19-14-12-18(13-15-19)17-29-22-10-6-5-9-21(22)28(4-2)25(31)26(29)32/h5-7,9-16,20H,3-4,8,17H2,1-2H3,(H,27,30). The molecule has 2 aromatic heterocycles. The van der Waals surface area contributed by atoms with E-state index in [9.17, 15) is 14.4 Å². The fourth-order valence-corrected chi connectivity index (χ4v) is 4.90. The van der Waals surface area contributed by atoms with E-state index in [1.54, 1.807) is 23.5 Å². The topological polar surface area (TPSA) is 73.1 Å². The van der Waals surface area contributed by atoms with E-state index in [4.69, 9.17) is 0 Å². The van der Waals surface area contributed by atoms with Gasteiger partial charge in [-0.3, -0.25) is 19.0 Å². The summed E-state index contributed by atoms with van der Waals surface area (Å²) in [7, 11) is 0. The number of hydrogen-bond acceptors (Lipinski definition) is 4. The molecule has 4 aromatic rings. The Balaban J connectivity index is 1.58. The largest absolute Gasteiger partial charge is 0.344 e. The SMILES string of the molecule is CCCC(NC(=O)c1ccc(Cn2c(=O)c(=O)n(CC)c3ccccc32)cc1)c1cccs1. The van der Waals surface area contributed by atoms with E-state index in [-0.39, 0.29) is 18.5 Å². The molecule has 0 spiro atoms. The zero-order valence-electron chi connectivity index (χ0n) is 18.8. The number of aryl methyl sites for hydroxylation is 1. The number of fused-ring (bicyclic) bond motifs is 1. The van der Waals surface area contributed by atoms with Crippen LogP contribution in [-0.4, -0.2) is 15.0 Å². The number of aromatic nitrogens is 2. The third-order valence-electron chi connectivity index (χ3n) is 5.78. The molecule has 1 unspecified atom stereocenters. The van der Waals surface area contributed by atoms with Gasteiger partial charge in [-0.1, -0.05) is 43.7 Å². The Hall–Kier alpha value is -3.45. The van der Waals surface area contributed by atoms with Crippen LogP contribution in [0.15, 0.2) is 75.6 Å². The number of benzene rings is 2. The van der Waals surface area contributed by atoms with Crippen molar-refractivity contribution in [3.63, 3.8) is 0 Å². The molecule has 7 heteroatoms. The first kappa shape index (κ1) is 22.7. The van der Waals surface area contributed by atoms with Crippen LogP contribution in [0, 0.1) is 0 Å². The predicted molar refractivity (Wildman–Crippen MR) is 133 cm³/mol. The van der Waals surface area contributed by atoms with Gasteiger partial charge >= 0.3 is 11.1 Å². The average molecular weight is 462 g/mol. The van der Waals surface area contributed by atoms with Crippen LogP contribution in [0.1, 0.15) is 53.5 Å². The zero-order valence-corrected chi connectivity index (χ0v) is 19.6. The van der Waals surface area contributed by atoms with Gasteiger partial charge in [0.25, 0.3) is 5.91 Å². The fourth-order valence-electron chi connectivity index (χ4n) is 4.09. The highest BCUT2D eigenvalue weighted by molar-refractivity contribution is 7.10. The number of nitrogens with one attached hydrogen (secondary N) is 1. The molecule has 2 aromatic carbocycles. The predicted octanol–water partition coefficient (Wildman–Crippen LogP) is 4.56. The van der Waals surface area contributed by atoms with Gasteiger partial charge in [-0.2, -0.15) is 0 Å². The zero-order chi connectivity index (χ0) is 23.4. The first-order valence-electron chi connectivity index (χ1n) is 11.2. The number of rotatable bonds is 8. The summed E-state index contributed by atoms with van der Waals surface area (Å²) in [6.07, 6.45) is 1.85. The summed E-state index contributed by atoms with van der Waals surface area (Å²) in [5.41, 5.74) is 1.78. The number of amides is 1. The summed E-state index contributed by atoms with van der Waals surface area (Å²) >= 11 is 1.64. The number of carbonyl (C=O) groups is 1. The number of carbonyl (C=O) groups excluding carboxylic acids is 1. The third kappa shape index (κ3) is 4.68. The average Bonchev–Trinajstić information content (AvgIpc) is 3.37. The Morgan fingerprint density at radius 3 is 2.18 bits per heavy atom. The third-order valence-corrected chi connectivity index (χ3v) is 6.76. The van der Waals surface area contributed by atoms with Crippen molar-refractivity contribution in [2.75, 3.05) is 0 Å². The van der Waals surface area contributed by atoms with E-state index in [1.807, 2.05) is 60.8 Å². The summed E-state index contributed by atoms with van der Waals surface area (Å²) in [6.45, 7) is 4.65. The van der Waals surface area contributed by atoms with Gasteiger partial charge < -0.3 is 9.88 Å². The second kappa shape index (κ2) is 10.0. The van der Waals surface area contributed by atoms with Gasteiger partial charge in [0.2, 0.25) is 0 Å². The molecule has 0 bridgehead atoms. The van der Waals surface area contributed by atoms with Crippen LogP contribution in [0.5, 0.6) is 0 Å². The molecule has 1 amide bonds. The molecule has 0 saturated carbocycles. The highest BCUT2D eigenvalue weighted by Gasteiger charge is 2.16. The fraction of sp³-hybridized carbons (Fsp3) is 0.269. The van der Waals surface area contributed by atoms with Gasteiger partial charge in [-0.15, -0.1) is 11.3 Å². The first-order chi connectivity index (χ1) is 16.0. The van der Waals surface area contributed by atoms with E-state index < -0.39 is 11.1 Å².